The number of amides is 3. The molecular formula is C10H19N3O4. The Bertz CT molecular complexity index is 279. The largest absolute Gasteiger partial charge is 0.465 e. The van der Waals surface area contributed by atoms with Crippen molar-refractivity contribution in [2.24, 2.45) is 0 Å². The first-order chi connectivity index (χ1) is 7.95. The van der Waals surface area contributed by atoms with E-state index in [1.807, 2.05) is 13.8 Å². The molecule has 0 aromatic rings. The van der Waals surface area contributed by atoms with Crippen LogP contribution in [0.3, 0.4) is 0 Å². The van der Waals surface area contributed by atoms with Gasteiger partial charge in [-0.2, -0.15) is 0 Å². The number of carbonyl (C=O) groups excluding carboxylic acids is 3. The van der Waals surface area contributed by atoms with E-state index in [9.17, 15) is 14.4 Å². The number of ether oxygens (including phenoxy) is 1. The number of hydrogen-bond acceptors (Lipinski definition) is 4. The van der Waals surface area contributed by atoms with E-state index in [0.29, 0.717) is 0 Å². The van der Waals surface area contributed by atoms with Crippen molar-refractivity contribution < 1.29 is 19.1 Å². The van der Waals surface area contributed by atoms with Crippen molar-refractivity contribution in [3.05, 3.63) is 0 Å². The summed E-state index contributed by atoms with van der Waals surface area (Å²) >= 11 is 0. The molecule has 17 heavy (non-hydrogen) atoms. The van der Waals surface area contributed by atoms with Crippen LogP contribution in [0.2, 0.25) is 0 Å². The Morgan fingerprint density at radius 3 is 2.24 bits per heavy atom. The molecule has 0 aliphatic rings. The third kappa shape index (κ3) is 9.16. The number of rotatable bonds is 6. The Labute approximate surface area is 100 Å². The van der Waals surface area contributed by atoms with Crippen LogP contribution in [0.25, 0.3) is 0 Å². The predicted molar refractivity (Wildman–Crippen MR) is 61.3 cm³/mol. The third-order valence-corrected chi connectivity index (χ3v) is 1.56. The Balaban J connectivity index is 3.66. The molecule has 0 heterocycles. The lowest BCUT2D eigenvalue weighted by Gasteiger charge is -2.09. The van der Waals surface area contributed by atoms with E-state index in [1.54, 1.807) is 6.92 Å². The molecule has 0 radical (unpaired) electrons. The molecule has 0 aliphatic heterocycles. The molecule has 7 heteroatoms. The number of hydrogen-bond donors (Lipinski definition) is 3. The van der Waals surface area contributed by atoms with Gasteiger partial charge in [-0.1, -0.05) is 0 Å². The van der Waals surface area contributed by atoms with Gasteiger partial charge in [0.2, 0.25) is 5.91 Å². The van der Waals surface area contributed by atoms with E-state index in [-0.39, 0.29) is 31.6 Å². The maximum Gasteiger partial charge on any atom is 0.325 e. The van der Waals surface area contributed by atoms with Gasteiger partial charge in [-0.05, 0) is 20.8 Å². The van der Waals surface area contributed by atoms with Gasteiger partial charge in [0.1, 0.15) is 6.54 Å². The molecule has 0 rings (SSSR count). The second-order valence-corrected chi connectivity index (χ2v) is 3.56. The van der Waals surface area contributed by atoms with E-state index in [2.05, 4.69) is 20.7 Å². The van der Waals surface area contributed by atoms with Crippen LogP contribution >= 0.6 is 0 Å². The van der Waals surface area contributed by atoms with Crippen molar-refractivity contribution in [3.63, 3.8) is 0 Å². The summed E-state index contributed by atoms with van der Waals surface area (Å²) in [6.45, 7) is 5.23. The molecule has 0 aliphatic carbocycles. The fourth-order valence-corrected chi connectivity index (χ4v) is 0.961. The summed E-state index contributed by atoms with van der Waals surface area (Å²) in [6.07, 6.45) is 0. The quantitative estimate of drug-likeness (QED) is 0.543. The summed E-state index contributed by atoms with van der Waals surface area (Å²) in [5, 5.41) is 7.20. The van der Waals surface area contributed by atoms with E-state index >= 15 is 0 Å². The van der Waals surface area contributed by atoms with Crippen LogP contribution in [-0.4, -0.2) is 43.6 Å². The van der Waals surface area contributed by atoms with E-state index in [4.69, 9.17) is 0 Å². The second kappa shape index (κ2) is 8.37. The summed E-state index contributed by atoms with van der Waals surface area (Å²) < 4.78 is 4.61. The Hall–Kier alpha value is -1.79. The summed E-state index contributed by atoms with van der Waals surface area (Å²) in [5.41, 5.74) is 0. The van der Waals surface area contributed by atoms with Crippen LogP contribution < -0.4 is 16.0 Å². The molecule has 0 saturated heterocycles. The highest BCUT2D eigenvalue weighted by molar-refractivity contribution is 5.85. The molecule has 0 saturated carbocycles. The first-order valence-electron chi connectivity index (χ1n) is 5.42. The zero-order valence-corrected chi connectivity index (χ0v) is 10.3. The molecule has 7 nitrogen and oxygen atoms in total. The van der Waals surface area contributed by atoms with E-state index in [1.165, 1.54) is 0 Å². The highest BCUT2D eigenvalue weighted by Gasteiger charge is 2.07. The van der Waals surface area contributed by atoms with Crippen LogP contribution in [0.1, 0.15) is 20.8 Å². The van der Waals surface area contributed by atoms with Crippen molar-refractivity contribution in [3.8, 4) is 0 Å². The molecule has 0 aromatic heterocycles. The van der Waals surface area contributed by atoms with Crippen molar-refractivity contribution in [1.29, 1.82) is 0 Å². The smallest absolute Gasteiger partial charge is 0.325 e. The molecule has 0 bridgehead atoms. The van der Waals surface area contributed by atoms with Gasteiger partial charge in [-0.15, -0.1) is 0 Å². The maximum absolute atomic E-state index is 11.2. The number of urea groups is 1. The third-order valence-electron chi connectivity index (χ3n) is 1.56. The predicted octanol–water partition coefficient (Wildman–Crippen LogP) is -0.627. The monoisotopic (exact) mass is 245 g/mol. The summed E-state index contributed by atoms with van der Waals surface area (Å²) in [6, 6.07) is -0.566. The first-order valence-corrected chi connectivity index (χ1v) is 5.42. The van der Waals surface area contributed by atoms with Crippen molar-refractivity contribution in [1.82, 2.24) is 16.0 Å². The van der Waals surface area contributed by atoms with Crippen LogP contribution in [0.15, 0.2) is 0 Å². The zero-order chi connectivity index (χ0) is 13.3. The number of nitrogens with one attached hydrogen (secondary N) is 3. The van der Waals surface area contributed by atoms with Crippen LogP contribution in [0.5, 0.6) is 0 Å². The number of esters is 1. The summed E-state index contributed by atoms with van der Waals surface area (Å²) in [5.74, 6) is -0.805. The van der Waals surface area contributed by atoms with Crippen LogP contribution in [0.4, 0.5) is 4.79 Å². The average Bonchev–Trinajstić information content (AvgIpc) is 2.23. The number of carbonyl (C=O) groups is 3. The summed E-state index contributed by atoms with van der Waals surface area (Å²) in [4.78, 5) is 33.2. The van der Waals surface area contributed by atoms with Crippen molar-refractivity contribution in [2.75, 3.05) is 19.7 Å². The maximum atomic E-state index is 11.2. The highest BCUT2D eigenvalue weighted by Crippen LogP contribution is 1.77. The molecule has 98 valence electrons. The van der Waals surface area contributed by atoms with Crippen molar-refractivity contribution in [2.45, 2.75) is 26.8 Å². The topological polar surface area (TPSA) is 96.5 Å². The minimum absolute atomic E-state index is 0.0203. The second-order valence-electron chi connectivity index (χ2n) is 3.56. The lowest BCUT2D eigenvalue weighted by molar-refractivity contribution is -0.141. The molecule has 0 atom stereocenters. The van der Waals surface area contributed by atoms with E-state index < -0.39 is 12.0 Å². The molecule has 0 fully saturated rings. The van der Waals surface area contributed by atoms with Crippen molar-refractivity contribution >= 4 is 17.9 Å². The van der Waals surface area contributed by atoms with Crippen LogP contribution in [-0.2, 0) is 14.3 Å². The van der Waals surface area contributed by atoms with Gasteiger partial charge in [0, 0.05) is 6.04 Å². The molecule has 0 spiro atoms. The van der Waals surface area contributed by atoms with Gasteiger partial charge in [0.05, 0.1) is 13.2 Å². The minimum atomic E-state index is -0.586. The fourth-order valence-electron chi connectivity index (χ4n) is 0.961. The van der Waals surface area contributed by atoms with E-state index in [0.717, 1.165) is 0 Å². The molecule has 3 N–H and O–H groups in total. The Morgan fingerprint density at radius 1 is 1.12 bits per heavy atom. The Morgan fingerprint density at radius 2 is 1.71 bits per heavy atom. The first kappa shape index (κ1) is 15.2. The normalized spacial score (nSPS) is 9.65. The molecular weight excluding hydrogens is 226 g/mol. The van der Waals surface area contributed by atoms with Crippen LogP contribution in [0, 0.1) is 0 Å². The fraction of sp³-hybridized carbons (Fsp3) is 0.700. The lowest BCUT2D eigenvalue weighted by Crippen LogP contribution is -2.44. The van der Waals surface area contributed by atoms with Gasteiger partial charge < -0.3 is 20.7 Å². The standard InChI is InChI=1S/C10H19N3O4/c1-4-17-9(15)6-12-10(16)11-5-8(14)13-7(2)3/h7H,4-6H2,1-3H3,(H,13,14)(H2,11,12,16). The molecule has 3 amide bonds. The SMILES string of the molecule is CCOC(=O)CNC(=O)NCC(=O)NC(C)C. The zero-order valence-electron chi connectivity index (χ0n) is 10.3. The Kier molecular flexibility index (Phi) is 7.49. The van der Waals surface area contributed by atoms with Gasteiger partial charge in [-0.25, -0.2) is 4.79 Å². The lowest BCUT2D eigenvalue weighted by atomic mass is 10.4. The highest BCUT2D eigenvalue weighted by atomic mass is 16.5. The molecule has 0 aromatic carbocycles. The van der Waals surface area contributed by atoms with Gasteiger partial charge in [0.25, 0.3) is 0 Å². The average molecular weight is 245 g/mol. The minimum Gasteiger partial charge on any atom is -0.465 e. The van der Waals surface area contributed by atoms with Gasteiger partial charge in [-0.3, -0.25) is 9.59 Å². The van der Waals surface area contributed by atoms with Gasteiger partial charge in [0.15, 0.2) is 0 Å². The summed E-state index contributed by atoms with van der Waals surface area (Å²) in [7, 11) is 0. The molecule has 0 unspecified atom stereocenters. The van der Waals surface area contributed by atoms with Gasteiger partial charge >= 0.3 is 12.0 Å².